The second-order valence-corrected chi connectivity index (χ2v) is 8.53. The normalized spacial score (nSPS) is 16.8. The molecule has 3 heterocycles. The van der Waals surface area contributed by atoms with Gasteiger partial charge in [0, 0.05) is 11.4 Å². The number of thiophene rings is 1. The number of aliphatic hydroxyl groups is 1. The first-order valence-electron chi connectivity index (χ1n) is 8.99. The maximum atomic E-state index is 13.1. The van der Waals surface area contributed by atoms with Gasteiger partial charge in [0.05, 0.1) is 23.5 Å². The first-order valence-corrected chi connectivity index (χ1v) is 10.2. The minimum atomic E-state index is -0.797. The summed E-state index contributed by atoms with van der Waals surface area (Å²) >= 11 is 7.36. The van der Waals surface area contributed by atoms with Crippen LogP contribution >= 0.6 is 22.9 Å². The van der Waals surface area contributed by atoms with Crippen LogP contribution in [0.25, 0.3) is 5.57 Å². The number of nitrogens with zero attached hydrogens (tertiary/aromatic N) is 4. The molecule has 1 aliphatic rings. The van der Waals surface area contributed by atoms with Crippen LogP contribution in [0.3, 0.4) is 0 Å². The second kappa shape index (κ2) is 8.06. The molecular weight excluding hydrogens is 415 g/mol. The van der Waals surface area contributed by atoms with Crippen LogP contribution in [0.2, 0.25) is 4.34 Å². The topological polar surface area (TPSA) is 71.2 Å². The summed E-state index contributed by atoms with van der Waals surface area (Å²) in [5, 5.41) is 10.6. The van der Waals surface area contributed by atoms with Crippen molar-refractivity contribution in [2.45, 2.75) is 19.6 Å². The number of halogens is 2. The number of benzene rings is 1. The van der Waals surface area contributed by atoms with Gasteiger partial charge in [-0.1, -0.05) is 29.8 Å². The Labute approximate surface area is 175 Å². The molecule has 0 bridgehead atoms. The van der Waals surface area contributed by atoms with Gasteiger partial charge in [0.2, 0.25) is 5.95 Å². The number of β-amino-alcohol motifs (C(OH)–C–C–N with tert-alkyl or cyclic N) is 1. The van der Waals surface area contributed by atoms with Crippen molar-refractivity contribution in [3.63, 3.8) is 0 Å². The average molecular weight is 433 g/mol. The number of anilines is 1. The quantitative estimate of drug-likeness (QED) is 0.686. The zero-order valence-electron chi connectivity index (χ0n) is 15.5. The molecule has 0 radical (unpaired) electrons. The van der Waals surface area contributed by atoms with Crippen LogP contribution < -0.4 is 10.6 Å². The highest BCUT2D eigenvalue weighted by molar-refractivity contribution is 7.16. The van der Waals surface area contributed by atoms with E-state index in [9.17, 15) is 14.3 Å². The Morgan fingerprint density at radius 2 is 2.00 bits per heavy atom. The Bertz CT molecular complexity index is 1130. The molecule has 1 aromatic carbocycles. The third kappa shape index (κ3) is 4.24. The van der Waals surface area contributed by atoms with Crippen LogP contribution in [0, 0.1) is 12.7 Å². The SMILES string of the molecule is Cc1nc(N2CC=C(c3ccc(F)cc3)[C@H](O)C2)nc(=O)n1Cc1ccc(Cl)s1. The van der Waals surface area contributed by atoms with Gasteiger partial charge in [-0.3, -0.25) is 4.57 Å². The van der Waals surface area contributed by atoms with Gasteiger partial charge in [-0.15, -0.1) is 11.3 Å². The summed E-state index contributed by atoms with van der Waals surface area (Å²) < 4.78 is 15.3. The lowest BCUT2D eigenvalue weighted by Crippen LogP contribution is -2.40. The summed E-state index contributed by atoms with van der Waals surface area (Å²) in [7, 11) is 0. The van der Waals surface area contributed by atoms with Gasteiger partial charge in [0.1, 0.15) is 11.6 Å². The molecule has 1 N–H and O–H groups in total. The first kappa shape index (κ1) is 19.8. The summed E-state index contributed by atoms with van der Waals surface area (Å²) in [6, 6.07) is 9.66. The van der Waals surface area contributed by atoms with Crippen LogP contribution in [0.4, 0.5) is 10.3 Å². The fourth-order valence-corrected chi connectivity index (χ4v) is 4.35. The van der Waals surface area contributed by atoms with Gasteiger partial charge in [-0.05, 0) is 42.3 Å². The molecule has 3 aromatic rings. The van der Waals surface area contributed by atoms with Gasteiger partial charge in [0.25, 0.3) is 0 Å². The highest BCUT2D eigenvalue weighted by Gasteiger charge is 2.24. The first-order chi connectivity index (χ1) is 13.9. The lowest BCUT2D eigenvalue weighted by Gasteiger charge is -2.30. The Hall–Kier alpha value is -2.55. The van der Waals surface area contributed by atoms with Crippen molar-refractivity contribution in [2.24, 2.45) is 0 Å². The van der Waals surface area contributed by atoms with Crippen LogP contribution in [0.15, 0.2) is 47.3 Å². The van der Waals surface area contributed by atoms with Crippen LogP contribution in [-0.4, -0.2) is 38.8 Å². The van der Waals surface area contributed by atoms with Gasteiger partial charge < -0.3 is 10.0 Å². The van der Waals surface area contributed by atoms with E-state index in [1.807, 2.05) is 12.1 Å². The van der Waals surface area contributed by atoms with Crippen molar-refractivity contribution in [2.75, 3.05) is 18.0 Å². The molecule has 0 saturated carbocycles. The van der Waals surface area contributed by atoms with Crippen LogP contribution in [0.5, 0.6) is 0 Å². The minimum Gasteiger partial charge on any atom is -0.387 e. The molecule has 29 heavy (non-hydrogen) atoms. The lowest BCUT2D eigenvalue weighted by molar-refractivity contribution is 0.233. The number of aromatic nitrogens is 3. The second-order valence-electron chi connectivity index (χ2n) is 6.73. The van der Waals surface area contributed by atoms with Crippen molar-refractivity contribution < 1.29 is 9.50 Å². The molecule has 150 valence electrons. The fraction of sp³-hybridized carbons (Fsp3) is 0.250. The van der Waals surface area contributed by atoms with Crippen molar-refractivity contribution in [3.05, 3.63) is 79.4 Å². The zero-order chi connectivity index (χ0) is 20.5. The third-order valence-corrected chi connectivity index (χ3v) is 5.98. The largest absolute Gasteiger partial charge is 0.387 e. The molecule has 2 aromatic heterocycles. The maximum absolute atomic E-state index is 13.1. The van der Waals surface area contributed by atoms with E-state index < -0.39 is 11.8 Å². The van der Waals surface area contributed by atoms with Crippen LogP contribution in [0.1, 0.15) is 16.3 Å². The molecule has 9 heteroatoms. The van der Waals surface area contributed by atoms with Gasteiger partial charge in [-0.2, -0.15) is 9.97 Å². The Balaban J connectivity index is 1.56. The van der Waals surface area contributed by atoms with Crippen molar-refractivity contribution >= 4 is 34.5 Å². The molecule has 4 rings (SSSR count). The number of aryl methyl sites for hydroxylation is 1. The van der Waals surface area contributed by atoms with E-state index in [0.29, 0.717) is 23.3 Å². The molecular formula is C20H18ClFN4O2S. The Kier molecular flexibility index (Phi) is 5.49. The van der Waals surface area contributed by atoms with E-state index >= 15 is 0 Å². The van der Waals surface area contributed by atoms with E-state index in [2.05, 4.69) is 9.97 Å². The maximum Gasteiger partial charge on any atom is 0.352 e. The van der Waals surface area contributed by atoms with Gasteiger partial charge >= 0.3 is 5.69 Å². The van der Waals surface area contributed by atoms with E-state index in [0.717, 1.165) is 16.0 Å². The van der Waals surface area contributed by atoms with E-state index in [4.69, 9.17) is 11.6 Å². The fourth-order valence-electron chi connectivity index (χ4n) is 3.27. The third-order valence-electron chi connectivity index (χ3n) is 4.77. The number of hydrogen-bond donors (Lipinski definition) is 1. The predicted octanol–water partition coefficient (Wildman–Crippen LogP) is 3.11. The molecule has 0 aliphatic carbocycles. The van der Waals surface area contributed by atoms with Crippen molar-refractivity contribution in [1.82, 2.24) is 14.5 Å². The minimum absolute atomic E-state index is 0.243. The summed E-state index contributed by atoms with van der Waals surface area (Å²) in [4.78, 5) is 23.8. The number of aliphatic hydroxyl groups excluding tert-OH is 1. The smallest absolute Gasteiger partial charge is 0.352 e. The molecule has 1 aliphatic heterocycles. The van der Waals surface area contributed by atoms with E-state index in [1.54, 1.807) is 30.0 Å². The molecule has 0 unspecified atom stereocenters. The molecule has 0 fully saturated rings. The van der Waals surface area contributed by atoms with Gasteiger partial charge in [0.15, 0.2) is 0 Å². The molecule has 1 atom stereocenters. The van der Waals surface area contributed by atoms with E-state index in [-0.39, 0.29) is 18.3 Å². The monoisotopic (exact) mass is 432 g/mol. The van der Waals surface area contributed by atoms with E-state index in [1.165, 1.54) is 28.0 Å². The molecule has 0 amide bonds. The van der Waals surface area contributed by atoms with Crippen LogP contribution in [-0.2, 0) is 6.54 Å². The summed E-state index contributed by atoms with van der Waals surface area (Å²) in [6.45, 7) is 2.79. The Morgan fingerprint density at radius 3 is 2.62 bits per heavy atom. The summed E-state index contributed by atoms with van der Waals surface area (Å²) in [6.07, 6.45) is 1.05. The predicted molar refractivity (Wildman–Crippen MR) is 112 cm³/mol. The molecule has 6 nitrogen and oxygen atoms in total. The van der Waals surface area contributed by atoms with Gasteiger partial charge in [-0.25, -0.2) is 9.18 Å². The average Bonchev–Trinajstić information content (AvgIpc) is 3.10. The summed E-state index contributed by atoms with van der Waals surface area (Å²) in [5.74, 6) is 0.490. The zero-order valence-corrected chi connectivity index (χ0v) is 17.1. The van der Waals surface area contributed by atoms with Crippen molar-refractivity contribution in [1.29, 1.82) is 0 Å². The summed E-state index contributed by atoms with van der Waals surface area (Å²) in [5.41, 5.74) is 1.08. The standard InChI is InChI=1S/C20H18ClFN4O2S/c1-12-23-19(24-20(28)26(12)10-15-6-7-18(21)29-15)25-9-8-16(17(27)11-25)13-2-4-14(22)5-3-13/h2-8,17,27H,9-11H2,1H3/t17-/m1/s1. The highest BCUT2D eigenvalue weighted by atomic mass is 35.5. The van der Waals surface area contributed by atoms with Crippen molar-refractivity contribution in [3.8, 4) is 0 Å². The lowest BCUT2D eigenvalue weighted by atomic mass is 9.97. The molecule has 0 saturated heterocycles. The Morgan fingerprint density at radius 1 is 1.24 bits per heavy atom. The highest BCUT2D eigenvalue weighted by Crippen LogP contribution is 2.25. The number of hydrogen-bond acceptors (Lipinski definition) is 6. The number of rotatable bonds is 4. The molecule has 0 spiro atoms.